The van der Waals surface area contributed by atoms with Crippen LogP contribution in [0.1, 0.15) is 16.8 Å². The van der Waals surface area contributed by atoms with Crippen molar-refractivity contribution < 1.29 is 9.84 Å². The van der Waals surface area contributed by atoms with E-state index >= 15 is 0 Å². The highest BCUT2D eigenvalue weighted by atomic mass is 16.5. The third-order valence-electron chi connectivity index (χ3n) is 4.60. The van der Waals surface area contributed by atoms with E-state index in [2.05, 4.69) is 4.98 Å². The van der Waals surface area contributed by atoms with Crippen molar-refractivity contribution in [1.29, 1.82) is 0 Å². The first-order chi connectivity index (χ1) is 12.2. The maximum Gasteiger partial charge on any atom is 0.155 e. The van der Waals surface area contributed by atoms with Crippen molar-refractivity contribution in [3.05, 3.63) is 102 Å². The summed E-state index contributed by atoms with van der Waals surface area (Å²) in [5.41, 5.74) is 2.07. The lowest BCUT2D eigenvalue weighted by molar-refractivity contribution is 0.121. The van der Waals surface area contributed by atoms with E-state index in [1.807, 2.05) is 84.9 Å². The van der Waals surface area contributed by atoms with E-state index in [4.69, 9.17) is 4.74 Å². The SMILES string of the molecule is COc1ccc2[nH]c(C(O)(c3ccccc3)c3ccccc3)cc2c1. The number of benzene rings is 3. The van der Waals surface area contributed by atoms with Crippen LogP contribution in [-0.4, -0.2) is 17.2 Å². The van der Waals surface area contributed by atoms with Crippen LogP contribution in [0, 0.1) is 0 Å². The third kappa shape index (κ3) is 2.59. The molecule has 3 aromatic carbocycles. The maximum absolute atomic E-state index is 11.8. The van der Waals surface area contributed by atoms with Crippen LogP contribution in [0.2, 0.25) is 0 Å². The van der Waals surface area contributed by atoms with Crippen LogP contribution in [0.25, 0.3) is 10.9 Å². The molecule has 0 unspecified atom stereocenters. The van der Waals surface area contributed by atoms with Gasteiger partial charge in [0.25, 0.3) is 0 Å². The van der Waals surface area contributed by atoms with Crippen LogP contribution >= 0.6 is 0 Å². The minimum Gasteiger partial charge on any atom is -0.497 e. The fraction of sp³-hybridized carbons (Fsp3) is 0.0909. The van der Waals surface area contributed by atoms with Gasteiger partial charge in [0.1, 0.15) is 5.75 Å². The van der Waals surface area contributed by atoms with E-state index in [0.717, 1.165) is 33.5 Å². The summed E-state index contributed by atoms with van der Waals surface area (Å²) in [7, 11) is 1.65. The fourth-order valence-corrected chi connectivity index (χ4v) is 3.27. The molecule has 0 saturated carbocycles. The Balaban J connectivity index is 1.95. The van der Waals surface area contributed by atoms with Gasteiger partial charge in [0, 0.05) is 10.9 Å². The van der Waals surface area contributed by atoms with E-state index in [-0.39, 0.29) is 0 Å². The van der Waals surface area contributed by atoms with Gasteiger partial charge in [0.05, 0.1) is 12.8 Å². The molecule has 1 aromatic heterocycles. The first-order valence-corrected chi connectivity index (χ1v) is 8.22. The summed E-state index contributed by atoms with van der Waals surface area (Å²) in [6, 6.07) is 27.3. The number of aliphatic hydroxyl groups is 1. The van der Waals surface area contributed by atoms with Gasteiger partial charge in [-0.3, -0.25) is 0 Å². The Morgan fingerprint density at radius 3 is 1.96 bits per heavy atom. The molecule has 3 nitrogen and oxygen atoms in total. The van der Waals surface area contributed by atoms with Crippen molar-refractivity contribution in [1.82, 2.24) is 4.98 Å². The maximum atomic E-state index is 11.8. The minimum absolute atomic E-state index is 0.730. The van der Waals surface area contributed by atoms with E-state index in [1.165, 1.54) is 0 Å². The van der Waals surface area contributed by atoms with E-state index in [0.29, 0.717) is 0 Å². The van der Waals surface area contributed by atoms with E-state index < -0.39 is 5.60 Å². The lowest BCUT2D eigenvalue weighted by Gasteiger charge is -2.28. The molecule has 0 spiro atoms. The largest absolute Gasteiger partial charge is 0.497 e. The first kappa shape index (κ1) is 15.5. The molecule has 3 heteroatoms. The number of hydrogen-bond donors (Lipinski definition) is 2. The average Bonchev–Trinajstić information content (AvgIpc) is 3.12. The number of nitrogens with one attached hydrogen (secondary N) is 1. The second kappa shape index (κ2) is 6.11. The van der Waals surface area contributed by atoms with Gasteiger partial charge >= 0.3 is 0 Å². The number of fused-ring (bicyclic) bond motifs is 1. The molecule has 4 aromatic rings. The summed E-state index contributed by atoms with van der Waals surface area (Å²) in [5.74, 6) is 0.793. The number of hydrogen-bond acceptors (Lipinski definition) is 2. The van der Waals surface area contributed by atoms with E-state index in [9.17, 15) is 5.11 Å². The molecular formula is C22H19NO2. The molecule has 0 atom stereocenters. The number of ether oxygens (including phenoxy) is 1. The van der Waals surface area contributed by atoms with Gasteiger partial charge in [-0.25, -0.2) is 0 Å². The Bertz CT molecular complexity index is 951. The number of rotatable bonds is 4. The zero-order chi connectivity index (χ0) is 17.3. The van der Waals surface area contributed by atoms with Crippen molar-refractivity contribution in [2.24, 2.45) is 0 Å². The summed E-state index contributed by atoms with van der Waals surface area (Å²) < 4.78 is 5.31. The van der Waals surface area contributed by atoms with Crippen LogP contribution in [0.5, 0.6) is 5.75 Å². The standard InChI is InChI=1S/C22H19NO2/c1-25-19-12-13-20-16(14-19)15-21(23-20)22(24,17-8-4-2-5-9-17)18-10-6-3-7-11-18/h2-15,23-24H,1H3. The fourth-order valence-electron chi connectivity index (χ4n) is 3.27. The molecule has 124 valence electrons. The van der Waals surface area contributed by atoms with Crippen molar-refractivity contribution in [2.75, 3.05) is 7.11 Å². The molecule has 0 saturated heterocycles. The summed E-state index contributed by atoms with van der Waals surface area (Å²) in [4.78, 5) is 3.38. The van der Waals surface area contributed by atoms with Crippen LogP contribution in [0.3, 0.4) is 0 Å². The Kier molecular flexibility index (Phi) is 3.79. The summed E-state index contributed by atoms with van der Waals surface area (Å²) in [6.45, 7) is 0. The number of aromatic amines is 1. The number of methoxy groups -OCH3 is 1. The molecule has 0 amide bonds. The molecule has 0 aliphatic heterocycles. The van der Waals surface area contributed by atoms with Crippen molar-refractivity contribution >= 4 is 10.9 Å². The van der Waals surface area contributed by atoms with Crippen LogP contribution < -0.4 is 4.74 Å². The molecule has 4 rings (SSSR count). The normalized spacial score (nSPS) is 11.6. The molecule has 0 radical (unpaired) electrons. The van der Waals surface area contributed by atoms with Crippen LogP contribution in [0.4, 0.5) is 0 Å². The topological polar surface area (TPSA) is 45.2 Å². The van der Waals surface area contributed by atoms with Crippen molar-refractivity contribution in [3.8, 4) is 5.75 Å². The van der Waals surface area contributed by atoms with Gasteiger partial charge in [-0.15, -0.1) is 0 Å². The Hall–Kier alpha value is -3.04. The van der Waals surface area contributed by atoms with Crippen molar-refractivity contribution in [3.63, 3.8) is 0 Å². The monoisotopic (exact) mass is 329 g/mol. The molecule has 0 bridgehead atoms. The Morgan fingerprint density at radius 1 is 0.800 bits per heavy atom. The van der Waals surface area contributed by atoms with Gasteiger partial charge < -0.3 is 14.8 Å². The zero-order valence-corrected chi connectivity index (χ0v) is 13.9. The highest BCUT2D eigenvalue weighted by Crippen LogP contribution is 2.37. The van der Waals surface area contributed by atoms with Crippen molar-refractivity contribution in [2.45, 2.75) is 5.60 Å². The molecule has 0 aliphatic rings. The van der Waals surface area contributed by atoms with Crippen LogP contribution in [-0.2, 0) is 5.60 Å². The highest BCUT2D eigenvalue weighted by Gasteiger charge is 2.35. The van der Waals surface area contributed by atoms with Gasteiger partial charge in [-0.2, -0.15) is 0 Å². The predicted molar refractivity (Wildman–Crippen MR) is 99.8 cm³/mol. The smallest absolute Gasteiger partial charge is 0.155 e. The summed E-state index contributed by atoms with van der Waals surface area (Å²) in [6.07, 6.45) is 0. The highest BCUT2D eigenvalue weighted by molar-refractivity contribution is 5.82. The Labute approximate surface area is 146 Å². The second-order valence-electron chi connectivity index (χ2n) is 6.08. The molecular weight excluding hydrogens is 310 g/mol. The lowest BCUT2D eigenvalue weighted by Crippen LogP contribution is -2.29. The first-order valence-electron chi connectivity index (χ1n) is 8.22. The molecule has 2 N–H and O–H groups in total. The minimum atomic E-state index is -1.26. The molecule has 1 heterocycles. The zero-order valence-electron chi connectivity index (χ0n) is 13.9. The molecule has 0 aliphatic carbocycles. The average molecular weight is 329 g/mol. The second-order valence-corrected chi connectivity index (χ2v) is 6.08. The molecule has 0 fully saturated rings. The third-order valence-corrected chi connectivity index (χ3v) is 4.60. The number of aromatic nitrogens is 1. The van der Waals surface area contributed by atoms with Gasteiger partial charge in [-0.1, -0.05) is 60.7 Å². The van der Waals surface area contributed by atoms with E-state index in [1.54, 1.807) is 7.11 Å². The lowest BCUT2D eigenvalue weighted by atomic mass is 9.83. The summed E-state index contributed by atoms with van der Waals surface area (Å²) in [5, 5.41) is 12.8. The van der Waals surface area contributed by atoms with Crippen LogP contribution in [0.15, 0.2) is 84.9 Å². The quantitative estimate of drug-likeness (QED) is 0.580. The predicted octanol–water partition coefficient (Wildman–Crippen LogP) is 4.46. The summed E-state index contributed by atoms with van der Waals surface area (Å²) >= 11 is 0. The van der Waals surface area contributed by atoms with Gasteiger partial charge in [0.2, 0.25) is 0 Å². The van der Waals surface area contributed by atoms with Gasteiger partial charge in [-0.05, 0) is 35.4 Å². The van der Waals surface area contributed by atoms with Gasteiger partial charge in [0.15, 0.2) is 5.60 Å². The number of H-pyrrole nitrogens is 1. The Morgan fingerprint density at radius 2 is 1.40 bits per heavy atom. The molecule has 25 heavy (non-hydrogen) atoms.